The standard InChI is InChI=1S/C55H76N2O7/c1-5-8-9-10-11-12-13-14-18-27-52(60)57(34-6-2)51-40-49(56-61-4)47-38-43(25-19-21-35-58)46(26-20-22-36-59)53-48-39-45(32-33-50(48)64-55(51,54(47)53)62-37-7-3)63-44-30-28-42(29-31-44)41-23-16-15-17-24-41/h7,15-17,23-24,28-33,38-39,43,46,51,53-54,58-59H,3,5-6,8-14,18-22,25-27,34-37,40H2,1-2,4H3. The molecule has 6 unspecified atom stereocenters. The third-order valence-electron chi connectivity index (χ3n) is 13.7. The highest BCUT2D eigenvalue weighted by Gasteiger charge is 2.65. The lowest BCUT2D eigenvalue weighted by molar-refractivity contribution is -0.257. The van der Waals surface area contributed by atoms with Gasteiger partial charge in [0.1, 0.15) is 30.4 Å². The van der Waals surface area contributed by atoms with Crippen LogP contribution in [0.25, 0.3) is 11.1 Å². The van der Waals surface area contributed by atoms with Gasteiger partial charge in [-0.05, 0) is 97.4 Å². The van der Waals surface area contributed by atoms with Crippen molar-refractivity contribution in [2.45, 2.75) is 147 Å². The van der Waals surface area contributed by atoms with Crippen molar-refractivity contribution in [3.63, 3.8) is 0 Å². The van der Waals surface area contributed by atoms with Crippen LogP contribution in [-0.4, -0.2) is 72.0 Å². The van der Waals surface area contributed by atoms with Crippen LogP contribution in [0.15, 0.2) is 102 Å². The van der Waals surface area contributed by atoms with Crippen LogP contribution >= 0.6 is 0 Å². The van der Waals surface area contributed by atoms with Crippen LogP contribution in [0, 0.1) is 17.8 Å². The van der Waals surface area contributed by atoms with Crippen LogP contribution in [0.3, 0.4) is 0 Å². The fourth-order valence-corrected chi connectivity index (χ4v) is 10.7. The van der Waals surface area contributed by atoms with Crippen LogP contribution in [0.4, 0.5) is 0 Å². The summed E-state index contributed by atoms with van der Waals surface area (Å²) in [5.41, 5.74) is 5.15. The fraction of sp³-hybridized carbons (Fsp3) is 0.564. The number of amides is 1. The molecule has 3 aromatic rings. The predicted octanol–water partition coefficient (Wildman–Crippen LogP) is 12.6. The number of rotatable bonds is 28. The first-order valence-electron chi connectivity index (χ1n) is 24.7. The number of nitrogens with zero attached hydrogens (tertiary/aromatic N) is 2. The molecule has 0 bridgehead atoms. The number of hydrogen-bond acceptors (Lipinski definition) is 8. The lowest BCUT2D eigenvalue weighted by atomic mass is 9.55. The van der Waals surface area contributed by atoms with Gasteiger partial charge in [-0.15, -0.1) is 6.58 Å². The summed E-state index contributed by atoms with van der Waals surface area (Å²) in [6, 6.07) is 24.2. The molecule has 9 heteroatoms. The van der Waals surface area contributed by atoms with Gasteiger partial charge in [-0.2, -0.15) is 0 Å². The molecule has 348 valence electrons. The average molecular weight is 877 g/mol. The number of aliphatic hydroxyl groups is 2. The third kappa shape index (κ3) is 12.1. The monoisotopic (exact) mass is 877 g/mol. The van der Waals surface area contributed by atoms with E-state index in [4.69, 9.17) is 24.2 Å². The van der Waals surface area contributed by atoms with E-state index in [-0.39, 0.29) is 49.4 Å². The Bertz CT molecular complexity index is 1950. The Morgan fingerprint density at radius 1 is 0.828 bits per heavy atom. The SMILES string of the molecule is C=CCOC12Oc3ccc(Oc4ccc(-c5ccccc5)cc4)cc3C3C(CCCCO)C(CCCCO)C=C(C(=NOC)CC1N(CCC)C(=O)CCCCCCCCCCC)C32. The predicted molar refractivity (Wildman–Crippen MR) is 258 cm³/mol. The second-order valence-electron chi connectivity index (χ2n) is 18.1. The summed E-state index contributed by atoms with van der Waals surface area (Å²) in [5.74, 6) is 0.848. The van der Waals surface area contributed by atoms with E-state index in [1.54, 1.807) is 13.2 Å². The molecular weight excluding hydrogens is 801 g/mol. The van der Waals surface area contributed by atoms with Crippen LogP contribution in [0.2, 0.25) is 0 Å². The van der Waals surface area contributed by atoms with E-state index < -0.39 is 11.8 Å². The Hall–Kier alpha value is -4.44. The highest BCUT2D eigenvalue weighted by atomic mass is 16.7. The Balaban J connectivity index is 1.41. The van der Waals surface area contributed by atoms with Gasteiger partial charge in [0.2, 0.25) is 11.7 Å². The van der Waals surface area contributed by atoms with Crippen molar-refractivity contribution in [2.24, 2.45) is 22.9 Å². The maximum atomic E-state index is 14.7. The van der Waals surface area contributed by atoms with Crippen molar-refractivity contribution in [1.29, 1.82) is 0 Å². The third-order valence-corrected chi connectivity index (χ3v) is 13.7. The van der Waals surface area contributed by atoms with Crippen LogP contribution in [-0.2, 0) is 14.4 Å². The molecule has 3 aromatic carbocycles. The van der Waals surface area contributed by atoms with Gasteiger partial charge in [-0.25, -0.2) is 0 Å². The minimum atomic E-state index is -1.26. The minimum Gasteiger partial charge on any atom is -0.459 e. The van der Waals surface area contributed by atoms with Crippen molar-refractivity contribution in [3.8, 4) is 28.4 Å². The van der Waals surface area contributed by atoms with Gasteiger partial charge in [0.15, 0.2) is 0 Å². The lowest BCUT2D eigenvalue weighted by Gasteiger charge is -2.60. The summed E-state index contributed by atoms with van der Waals surface area (Å²) in [6.45, 7) is 9.53. The smallest absolute Gasteiger partial charge is 0.239 e. The molecule has 0 aromatic heterocycles. The normalized spacial score (nSPS) is 22.8. The molecule has 9 nitrogen and oxygen atoms in total. The maximum absolute atomic E-state index is 14.7. The van der Waals surface area contributed by atoms with Crippen LogP contribution < -0.4 is 9.47 Å². The number of carbonyl (C=O) groups excluding carboxylic acids is 1. The Kier molecular flexibility index (Phi) is 19.4. The molecule has 2 aliphatic carbocycles. The molecule has 1 amide bonds. The molecular formula is C55H76N2O7. The van der Waals surface area contributed by atoms with Gasteiger partial charge in [-0.3, -0.25) is 4.79 Å². The molecule has 1 heterocycles. The number of ether oxygens (including phenoxy) is 3. The zero-order chi connectivity index (χ0) is 45.2. The van der Waals surface area contributed by atoms with Gasteiger partial charge in [0.25, 0.3) is 0 Å². The lowest BCUT2D eigenvalue weighted by Crippen LogP contribution is -2.70. The Morgan fingerprint density at radius 3 is 2.17 bits per heavy atom. The summed E-state index contributed by atoms with van der Waals surface area (Å²) in [6.07, 6.45) is 21.4. The van der Waals surface area contributed by atoms with Crippen molar-refractivity contribution in [1.82, 2.24) is 4.90 Å². The number of benzene rings is 3. The van der Waals surface area contributed by atoms with E-state index in [1.165, 1.54) is 38.5 Å². The van der Waals surface area contributed by atoms with Crippen molar-refractivity contribution in [2.75, 3.05) is 33.5 Å². The Morgan fingerprint density at radius 2 is 1.50 bits per heavy atom. The number of carbonyl (C=O) groups is 1. The zero-order valence-corrected chi connectivity index (χ0v) is 39.1. The van der Waals surface area contributed by atoms with E-state index in [0.29, 0.717) is 31.6 Å². The molecule has 64 heavy (non-hydrogen) atoms. The molecule has 1 aliphatic heterocycles. The summed E-state index contributed by atoms with van der Waals surface area (Å²) in [7, 11) is 1.59. The molecule has 1 fully saturated rings. The molecule has 0 saturated heterocycles. The van der Waals surface area contributed by atoms with Crippen LogP contribution in [0.1, 0.15) is 141 Å². The van der Waals surface area contributed by atoms with Crippen molar-refractivity contribution < 1.29 is 34.1 Å². The van der Waals surface area contributed by atoms with Gasteiger partial charge in [0, 0.05) is 44.1 Å². The largest absolute Gasteiger partial charge is 0.459 e. The van der Waals surface area contributed by atoms with E-state index >= 15 is 0 Å². The number of allylic oxidation sites excluding steroid dienone is 1. The fourth-order valence-electron chi connectivity index (χ4n) is 10.7. The topological polar surface area (TPSA) is 110 Å². The molecule has 0 radical (unpaired) electrons. The number of unbranched alkanes of at least 4 members (excludes halogenated alkanes) is 10. The maximum Gasteiger partial charge on any atom is 0.239 e. The van der Waals surface area contributed by atoms with E-state index in [2.05, 4.69) is 56.8 Å². The number of hydrogen-bond donors (Lipinski definition) is 2. The molecule has 6 rings (SSSR count). The zero-order valence-electron chi connectivity index (χ0n) is 39.1. The van der Waals surface area contributed by atoms with Gasteiger partial charge in [0.05, 0.1) is 18.2 Å². The molecule has 6 atom stereocenters. The van der Waals surface area contributed by atoms with Gasteiger partial charge < -0.3 is 34.2 Å². The molecule has 0 spiro atoms. The summed E-state index contributed by atoms with van der Waals surface area (Å²) in [4.78, 5) is 22.4. The number of aliphatic hydroxyl groups excluding tert-OH is 2. The van der Waals surface area contributed by atoms with Crippen LogP contribution in [0.5, 0.6) is 17.2 Å². The summed E-state index contributed by atoms with van der Waals surface area (Å²) >= 11 is 0. The molecule has 3 aliphatic rings. The first-order chi connectivity index (χ1) is 31.4. The van der Waals surface area contributed by atoms with Crippen molar-refractivity contribution >= 4 is 11.6 Å². The minimum absolute atomic E-state index is 0.115. The van der Waals surface area contributed by atoms with E-state index in [1.807, 2.05) is 47.4 Å². The molecule has 2 N–H and O–H groups in total. The second kappa shape index (κ2) is 25.3. The highest BCUT2D eigenvalue weighted by Crippen LogP contribution is 2.62. The number of oxime groups is 1. The summed E-state index contributed by atoms with van der Waals surface area (Å²) in [5, 5.41) is 24.6. The first-order valence-corrected chi connectivity index (χ1v) is 24.7. The highest BCUT2D eigenvalue weighted by molar-refractivity contribution is 6.03. The number of fused-ring (bicyclic) bond motifs is 2. The Labute approximate surface area is 383 Å². The molecule has 1 saturated carbocycles. The van der Waals surface area contributed by atoms with E-state index in [0.717, 1.165) is 97.3 Å². The first kappa shape index (κ1) is 49.0. The summed E-state index contributed by atoms with van der Waals surface area (Å²) < 4.78 is 21.2. The van der Waals surface area contributed by atoms with Crippen molar-refractivity contribution in [3.05, 3.63) is 103 Å². The quantitative estimate of drug-likeness (QED) is 0.0425. The average Bonchev–Trinajstić information content (AvgIpc) is 3.31. The van der Waals surface area contributed by atoms with Gasteiger partial charge in [-0.1, -0.05) is 138 Å². The van der Waals surface area contributed by atoms with Gasteiger partial charge >= 0.3 is 0 Å². The second-order valence-corrected chi connectivity index (χ2v) is 18.1. The van der Waals surface area contributed by atoms with E-state index in [9.17, 15) is 15.0 Å².